The first-order valence-corrected chi connectivity index (χ1v) is 6.34. The van der Waals surface area contributed by atoms with Crippen molar-refractivity contribution in [2.75, 3.05) is 18.0 Å². The van der Waals surface area contributed by atoms with Crippen LogP contribution in [0.25, 0.3) is 0 Å². The number of hydrogen-bond acceptors (Lipinski definition) is 4. The predicted octanol–water partition coefficient (Wildman–Crippen LogP) is 1.42. The summed E-state index contributed by atoms with van der Waals surface area (Å²) in [4.78, 5) is 6.01. The lowest BCUT2D eigenvalue weighted by atomic mass is 10.1. The van der Waals surface area contributed by atoms with Gasteiger partial charge in [-0.15, -0.1) is 0 Å². The maximum Gasteiger partial charge on any atom is 0.230 e. The maximum absolute atomic E-state index is 13.3. The van der Waals surface area contributed by atoms with Crippen molar-refractivity contribution in [1.29, 1.82) is 5.26 Å². The molecule has 3 heterocycles. The average Bonchev–Trinajstić information content (AvgIpc) is 2.64. The molecular weight excluding hydrogens is 231 g/mol. The van der Waals surface area contributed by atoms with Gasteiger partial charge in [-0.3, -0.25) is 0 Å². The molecule has 1 N–H and O–H groups in total. The molecule has 0 unspecified atom stereocenters. The Hall–Kier alpha value is -1.67. The van der Waals surface area contributed by atoms with Crippen LogP contribution in [0, 0.1) is 17.3 Å². The Morgan fingerprint density at radius 2 is 2.22 bits per heavy atom. The number of fused-ring (bicyclic) bond motifs is 2. The quantitative estimate of drug-likeness (QED) is 0.761. The normalized spacial score (nSPS) is 26.8. The number of anilines is 1. The van der Waals surface area contributed by atoms with E-state index in [-0.39, 0.29) is 5.56 Å². The van der Waals surface area contributed by atoms with Crippen LogP contribution in [-0.4, -0.2) is 30.2 Å². The third kappa shape index (κ3) is 1.83. The number of nitriles is 1. The van der Waals surface area contributed by atoms with E-state index in [4.69, 9.17) is 5.26 Å². The van der Waals surface area contributed by atoms with E-state index in [0.717, 1.165) is 31.6 Å². The van der Waals surface area contributed by atoms with Crippen molar-refractivity contribution in [2.24, 2.45) is 0 Å². The van der Waals surface area contributed by atoms with Gasteiger partial charge in [0.1, 0.15) is 11.6 Å². The molecule has 0 aromatic carbocycles. The number of nitrogens with one attached hydrogen (secondary N) is 1. The minimum atomic E-state index is -0.679. The second-order valence-corrected chi connectivity index (χ2v) is 4.93. The summed E-state index contributed by atoms with van der Waals surface area (Å²) in [7, 11) is 0. The minimum absolute atomic E-state index is 0.0316. The molecule has 3 rings (SSSR count). The number of nitrogens with zero attached hydrogens (tertiary/aromatic N) is 3. The van der Waals surface area contributed by atoms with Crippen molar-refractivity contribution in [3.8, 4) is 6.07 Å². The molecule has 1 aromatic rings. The van der Waals surface area contributed by atoms with Crippen molar-refractivity contribution in [1.82, 2.24) is 10.3 Å². The number of halogens is 1. The van der Waals surface area contributed by atoms with Gasteiger partial charge in [0.25, 0.3) is 0 Å². The lowest BCUT2D eigenvalue weighted by molar-refractivity contribution is 0.567. The molecular formula is C13H15FN4. The summed E-state index contributed by atoms with van der Waals surface area (Å²) in [6.07, 6.45) is 4.96. The van der Waals surface area contributed by atoms with E-state index >= 15 is 0 Å². The van der Waals surface area contributed by atoms with Crippen LogP contribution in [0.5, 0.6) is 0 Å². The first-order chi connectivity index (χ1) is 8.79. The van der Waals surface area contributed by atoms with Gasteiger partial charge in [-0.25, -0.2) is 4.98 Å². The monoisotopic (exact) mass is 246 g/mol. The van der Waals surface area contributed by atoms with Crippen molar-refractivity contribution >= 4 is 5.69 Å². The first kappa shape index (κ1) is 11.4. The fourth-order valence-electron chi connectivity index (χ4n) is 3.06. The summed E-state index contributed by atoms with van der Waals surface area (Å²) in [5.41, 5.74) is 0.910. The Labute approximate surface area is 105 Å². The Kier molecular flexibility index (Phi) is 2.88. The standard InChI is InChI=1S/C13H15FN4/c14-13-9(6-15)5-12(8-17-13)18-10-1-2-11(18)7-16-4-3-10/h5,8,10-11,16H,1-4,7H2/t10-,11+/m1/s1. The smallest absolute Gasteiger partial charge is 0.230 e. The van der Waals surface area contributed by atoms with Gasteiger partial charge in [0.15, 0.2) is 0 Å². The third-order valence-corrected chi connectivity index (χ3v) is 3.90. The van der Waals surface area contributed by atoms with Crippen molar-refractivity contribution < 1.29 is 4.39 Å². The molecule has 94 valence electrons. The van der Waals surface area contributed by atoms with Gasteiger partial charge in [-0.1, -0.05) is 0 Å². The molecule has 2 fully saturated rings. The van der Waals surface area contributed by atoms with Crippen molar-refractivity contribution in [3.63, 3.8) is 0 Å². The molecule has 2 saturated heterocycles. The second kappa shape index (κ2) is 4.54. The van der Waals surface area contributed by atoms with Crippen LogP contribution in [0.2, 0.25) is 0 Å². The molecule has 0 aliphatic carbocycles. The SMILES string of the molecule is N#Cc1cc(N2[C@H]3CCNC[C@@H]2CC3)cnc1F. The van der Waals surface area contributed by atoms with Crippen LogP contribution < -0.4 is 10.2 Å². The highest BCUT2D eigenvalue weighted by Crippen LogP contribution is 2.33. The van der Waals surface area contributed by atoms with Gasteiger partial charge < -0.3 is 10.2 Å². The zero-order valence-electron chi connectivity index (χ0n) is 10.1. The molecule has 2 aliphatic rings. The summed E-state index contributed by atoms with van der Waals surface area (Å²) in [5.74, 6) is -0.679. The van der Waals surface area contributed by atoms with E-state index in [1.165, 1.54) is 6.42 Å². The lowest BCUT2D eigenvalue weighted by Crippen LogP contribution is -2.38. The molecule has 2 aliphatic heterocycles. The Morgan fingerprint density at radius 3 is 3.06 bits per heavy atom. The highest BCUT2D eigenvalue weighted by Gasteiger charge is 2.35. The lowest BCUT2D eigenvalue weighted by Gasteiger charge is -2.29. The van der Waals surface area contributed by atoms with E-state index in [9.17, 15) is 4.39 Å². The van der Waals surface area contributed by atoms with E-state index in [1.54, 1.807) is 12.3 Å². The average molecular weight is 246 g/mol. The van der Waals surface area contributed by atoms with Crippen LogP contribution in [-0.2, 0) is 0 Å². The van der Waals surface area contributed by atoms with Crippen LogP contribution >= 0.6 is 0 Å². The van der Waals surface area contributed by atoms with E-state index in [1.807, 2.05) is 6.07 Å². The molecule has 0 radical (unpaired) electrons. The molecule has 18 heavy (non-hydrogen) atoms. The van der Waals surface area contributed by atoms with Gasteiger partial charge in [0.05, 0.1) is 11.9 Å². The maximum atomic E-state index is 13.3. The number of pyridine rings is 1. The minimum Gasteiger partial charge on any atom is -0.363 e. The van der Waals surface area contributed by atoms with Gasteiger partial charge >= 0.3 is 0 Å². The molecule has 0 spiro atoms. The van der Waals surface area contributed by atoms with Crippen molar-refractivity contribution in [2.45, 2.75) is 31.3 Å². The zero-order chi connectivity index (χ0) is 12.5. The molecule has 2 atom stereocenters. The van der Waals surface area contributed by atoms with Crippen LogP contribution in [0.3, 0.4) is 0 Å². The summed E-state index contributed by atoms with van der Waals surface area (Å²) in [6.45, 7) is 1.98. The summed E-state index contributed by atoms with van der Waals surface area (Å²) in [6, 6.07) is 4.42. The van der Waals surface area contributed by atoms with Gasteiger partial charge in [0, 0.05) is 18.6 Å². The fourth-order valence-corrected chi connectivity index (χ4v) is 3.06. The van der Waals surface area contributed by atoms with E-state index < -0.39 is 5.95 Å². The van der Waals surface area contributed by atoms with E-state index in [2.05, 4.69) is 15.2 Å². The number of hydrogen-bond donors (Lipinski definition) is 1. The van der Waals surface area contributed by atoms with Crippen LogP contribution in [0.1, 0.15) is 24.8 Å². The second-order valence-electron chi connectivity index (χ2n) is 4.93. The molecule has 5 heteroatoms. The molecule has 4 nitrogen and oxygen atoms in total. The summed E-state index contributed by atoms with van der Waals surface area (Å²) in [5, 5.41) is 12.3. The highest BCUT2D eigenvalue weighted by atomic mass is 19.1. The summed E-state index contributed by atoms with van der Waals surface area (Å²) < 4.78 is 13.3. The zero-order valence-corrected chi connectivity index (χ0v) is 10.1. The largest absolute Gasteiger partial charge is 0.363 e. The van der Waals surface area contributed by atoms with Gasteiger partial charge in [0.2, 0.25) is 5.95 Å². The molecule has 2 bridgehead atoms. The van der Waals surface area contributed by atoms with Gasteiger partial charge in [-0.2, -0.15) is 9.65 Å². The predicted molar refractivity (Wildman–Crippen MR) is 65.7 cm³/mol. The highest BCUT2D eigenvalue weighted by molar-refractivity contribution is 5.52. The van der Waals surface area contributed by atoms with Crippen LogP contribution in [0.4, 0.5) is 10.1 Å². The van der Waals surface area contributed by atoms with E-state index in [0.29, 0.717) is 12.1 Å². The first-order valence-electron chi connectivity index (χ1n) is 6.34. The number of aromatic nitrogens is 1. The Balaban J connectivity index is 1.97. The Bertz CT molecular complexity index is 482. The molecule has 0 saturated carbocycles. The number of rotatable bonds is 1. The van der Waals surface area contributed by atoms with Crippen LogP contribution in [0.15, 0.2) is 12.3 Å². The molecule has 0 amide bonds. The molecule has 1 aromatic heterocycles. The Morgan fingerprint density at radius 1 is 1.39 bits per heavy atom. The summed E-state index contributed by atoms with van der Waals surface area (Å²) >= 11 is 0. The van der Waals surface area contributed by atoms with Crippen molar-refractivity contribution in [3.05, 3.63) is 23.8 Å². The fraction of sp³-hybridized carbons (Fsp3) is 0.538. The van der Waals surface area contributed by atoms with Gasteiger partial charge in [-0.05, 0) is 31.9 Å². The third-order valence-electron chi connectivity index (χ3n) is 3.90. The topological polar surface area (TPSA) is 52.0 Å².